The first-order valence-electron chi connectivity index (χ1n) is 2.83. The van der Waals surface area contributed by atoms with Crippen molar-refractivity contribution in [3.05, 3.63) is 0 Å². The van der Waals surface area contributed by atoms with Gasteiger partial charge in [0.1, 0.15) is 0 Å². The molecule has 0 saturated heterocycles. The Balaban J connectivity index is 4.00. The third-order valence-corrected chi connectivity index (χ3v) is 4.30. The third kappa shape index (κ3) is 2.43. The second kappa shape index (κ2) is 4.92. The van der Waals surface area contributed by atoms with Crippen molar-refractivity contribution in [3.63, 3.8) is 0 Å². The molecule has 10 heavy (non-hydrogen) atoms. The molecule has 0 aromatic rings. The molecule has 0 aliphatic heterocycles. The van der Waals surface area contributed by atoms with Crippen molar-refractivity contribution in [2.75, 3.05) is 21.3 Å². The van der Waals surface area contributed by atoms with Gasteiger partial charge in [0.25, 0.3) is 0 Å². The van der Waals surface area contributed by atoms with Gasteiger partial charge in [-0.3, -0.25) is 0 Å². The number of hydrogen-bond acceptors (Lipinski definition) is 4. The van der Waals surface area contributed by atoms with Crippen LogP contribution in [0, 0.1) is 0 Å². The number of hydrogen-bond donors (Lipinski definition) is 0. The van der Waals surface area contributed by atoms with Crippen LogP contribution < -0.4 is 0 Å². The minimum Gasteiger partial charge on any atom is -0.377 e. The Kier molecular flexibility index (Phi) is 5.01. The lowest BCUT2D eigenvalue weighted by Gasteiger charge is -2.22. The monoisotopic (exact) mass is 180 g/mol. The molecular weight excluding hydrogens is 168 g/mol. The zero-order valence-electron chi connectivity index (χ0n) is 6.42. The molecule has 0 aromatic heterocycles. The van der Waals surface area contributed by atoms with Crippen LogP contribution in [0.3, 0.4) is 0 Å². The maximum Gasteiger partial charge on any atom is 0.504 e. The SMILES string of the molecule is CO[Si](CC=S)(OC)OC. The van der Waals surface area contributed by atoms with Gasteiger partial charge in [-0.15, -0.1) is 0 Å². The summed E-state index contributed by atoms with van der Waals surface area (Å²) < 4.78 is 15.2. The highest BCUT2D eigenvalue weighted by Crippen LogP contribution is 2.09. The molecule has 0 aliphatic rings. The zero-order chi connectivity index (χ0) is 8.04. The van der Waals surface area contributed by atoms with E-state index in [1.807, 2.05) is 0 Å². The van der Waals surface area contributed by atoms with E-state index in [1.54, 1.807) is 26.7 Å². The van der Waals surface area contributed by atoms with Gasteiger partial charge in [0.15, 0.2) is 0 Å². The maximum atomic E-state index is 5.07. The Labute approximate surface area is 67.6 Å². The Morgan fingerprint density at radius 1 is 1.20 bits per heavy atom. The molecule has 3 nitrogen and oxygen atoms in total. The highest BCUT2D eigenvalue weighted by Gasteiger charge is 2.36. The summed E-state index contributed by atoms with van der Waals surface area (Å²) >= 11 is 4.67. The number of rotatable bonds is 5. The predicted octanol–water partition coefficient (Wildman–Crippen LogP) is 0.864. The highest BCUT2D eigenvalue weighted by atomic mass is 32.1. The van der Waals surface area contributed by atoms with Crippen LogP contribution in [0.4, 0.5) is 0 Å². The molecule has 0 N–H and O–H groups in total. The largest absolute Gasteiger partial charge is 0.504 e. The Morgan fingerprint density at radius 3 is 1.70 bits per heavy atom. The van der Waals surface area contributed by atoms with Gasteiger partial charge in [-0.05, 0) is 5.37 Å². The second-order valence-corrected chi connectivity index (χ2v) is 5.00. The van der Waals surface area contributed by atoms with Gasteiger partial charge < -0.3 is 13.3 Å². The number of thiocarbonyl (C=S) groups is 1. The molecular formula is C5H12O3SSi. The normalized spacial score (nSPS) is 11.5. The molecule has 5 heteroatoms. The topological polar surface area (TPSA) is 27.7 Å². The van der Waals surface area contributed by atoms with Crippen LogP contribution >= 0.6 is 12.2 Å². The van der Waals surface area contributed by atoms with Crippen molar-refractivity contribution in [3.8, 4) is 0 Å². The summed E-state index contributed by atoms with van der Waals surface area (Å²) in [4.78, 5) is 0. The van der Waals surface area contributed by atoms with Crippen molar-refractivity contribution in [2.24, 2.45) is 0 Å². The predicted molar refractivity (Wildman–Crippen MR) is 45.2 cm³/mol. The van der Waals surface area contributed by atoms with Crippen LogP contribution in [0.2, 0.25) is 6.04 Å². The average molecular weight is 180 g/mol. The summed E-state index contributed by atoms with van der Waals surface area (Å²) in [5, 5.41) is 1.57. The van der Waals surface area contributed by atoms with Crippen molar-refractivity contribution in [2.45, 2.75) is 6.04 Å². The van der Waals surface area contributed by atoms with Gasteiger partial charge in [0.05, 0.1) is 0 Å². The summed E-state index contributed by atoms with van der Waals surface area (Å²) in [6, 6.07) is 0.575. The van der Waals surface area contributed by atoms with Gasteiger partial charge in [0, 0.05) is 27.4 Å². The molecule has 0 bridgehead atoms. The molecule has 0 radical (unpaired) electrons. The van der Waals surface area contributed by atoms with Gasteiger partial charge in [-0.2, -0.15) is 0 Å². The van der Waals surface area contributed by atoms with Crippen molar-refractivity contribution >= 4 is 26.4 Å². The van der Waals surface area contributed by atoms with Crippen molar-refractivity contribution in [1.29, 1.82) is 0 Å². The first-order chi connectivity index (χ1) is 4.74. The standard InChI is InChI=1S/C5H12O3SSi/c1-6-10(7-2,8-3)5-4-9/h4H,5H2,1-3H3. The molecule has 0 heterocycles. The van der Waals surface area contributed by atoms with Crippen LogP contribution in [-0.4, -0.2) is 35.5 Å². The lowest BCUT2D eigenvalue weighted by atomic mass is 11.0. The van der Waals surface area contributed by atoms with E-state index in [9.17, 15) is 0 Å². The first-order valence-corrected chi connectivity index (χ1v) is 5.24. The Morgan fingerprint density at radius 2 is 1.60 bits per heavy atom. The van der Waals surface area contributed by atoms with Crippen molar-refractivity contribution in [1.82, 2.24) is 0 Å². The van der Waals surface area contributed by atoms with Gasteiger partial charge in [0.2, 0.25) is 0 Å². The van der Waals surface area contributed by atoms with Crippen LogP contribution in [-0.2, 0) is 13.3 Å². The van der Waals surface area contributed by atoms with E-state index in [1.165, 1.54) is 0 Å². The van der Waals surface area contributed by atoms with E-state index >= 15 is 0 Å². The van der Waals surface area contributed by atoms with Crippen LogP contribution in [0.15, 0.2) is 0 Å². The second-order valence-electron chi connectivity index (χ2n) is 1.67. The lowest BCUT2D eigenvalue weighted by Crippen LogP contribution is -2.42. The van der Waals surface area contributed by atoms with E-state index in [-0.39, 0.29) is 0 Å². The molecule has 0 unspecified atom stereocenters. The van der Waals surface area contributed by atoms with E-state index in [0.29, 0.717) is 6.04 Å². The smallest absolute Gasteiger partial charge is 0.377 e. The first kappa shape index (κ1) is 10.2. The maximum absolute atomic E-state index is 5.07. The minimum absolute atomic E-state index is 0.575. The fourth-order valence-electron chi connectivity index (χ4n) is 0.602. The highest BCUT2D eigenvalue weighted by molar-refractivity contribution is 7.79. The summed E-state index contributed by atoms with van der Waals surface area (Å²) in [5.74, 6) is 0. The van der Waals surface area contributed by atoms with Gasteiger partial charge in [-0.1, -0.05) is 12.2 Å². The summed E-state index contributed by atoms with van der Waals surface area (Å²) in [7, 11) is 2.33. The third-order valence-electron chi connectivity index (χ3n) is 1.27. The van der Waals surface area contributed by atoms with Crippen molar-refractivity contribution < 1.29 is 13.3 Å². The summed E-state index contributed by atoms with van der Waals surface area (Å²) in [6.45, 7) is 0. The molecule has 0 saturated carbocycles. The molecule has 0 spiro atoms. The fourth-order valence-corrected chi connectivity index (χ4v) is 2.42. The Bertz CT molecular complexity index is 96.8. The van der Waals surface area contributed by atoms with Gasteiger partial charge in [-0.25, -0.2) is 0 Å². The van der Waals surface area contributed by atoms with Crippen LogP contribution in [0.1, 0.15) is 0 Å². The molecule has 0 aromatic carbocycles. The van der Waals surface area contributed by atoms with E-state index in [0.717, 1.165) is 0 Å². The molecule has 60 valence electrons. The van der Waals surface area contributed by atoms with Crippen LogP contribution in [0.5, 0.6) is 0 Å². The lowest BCUT2D eigenvalue weighted by molar-refractivity contribution is 0.129. The minimum atomic E-state index is -2.38. The molecule has 0 amide bonds. The summed E-state index contributed by atoms with van der Waals surface area (Å²) in [6.07, 6.45) is 0. The van der Waals surface area contributed by atoms with E-state index in [4.69, 9.17) is 13.3 Å². The molecule has 0 atom stereocenters. The molecule has 0 fully saturated rings. The Hall–Kier alpha value is 0.187. The quantitative estimate of drug-likeness (QED) is 0.463. The zero-order valence-corrected chi connectivity index (χ0v) is 8.23. The average Bonchev–Trinajstić information content (AvgIpc) is 2.01. The molecule has 0 rings (SSSR count). The van der Waals surface area contributed by atoms with E-state index < -0.39 is 8.80 Å². The fraction of sp³-hybridized carbons (Fsp3) is 0.800. The molecule has 0 aliphatic carbocycles. The van der Waals surface area contributed by atoms with E-state index in [2.05, 4.69) is 12.2 Å². The van der Waals surface area contributed by atoms with Gasteiger partial charge >= 0.3 is 8.80 Å². The summed E-state index contributed by atoms with van der Waals surface area (Å²) in [5.41, 5.74) is 0. The van der Waals surface area contributed by atoms with Crippen LogP contribution in [0.25, 0.3) is 0 Å².